The molecule has 0 unspecified atom stereocenters. The summed E-state index contributed by atoms with van der Waals surface area (Å²) in [5.74, 6) is -3.45. The summed E-state index contributed by atoms with van der Waals surface area (Å²) >= 11 is 0. The second kappa shape index (κ2) is 22.4. The van der Waals surface area contributed by atoms with E-state index in [1.54, 1.807) is 55.7 Å². The maximum atomic E-state index is 17.6. The fourth-order valence-corrected chi connectivity index (χ4v) is 8.51. The summed E-state index contributed by atoms with van der Waals surface area (Å²) < 4.78 is 65.3. The van der Waals surface area contributed by atoms with Crippen molar-refractivity contribution in [3.8, 4) is 69.5 Å². The van der Waals surface area contributed by atoms with Crippen LogP contribution in [0.3, 0.4) is 0 Å². The van der Waals surface area contributed by atoms with Crippen molar-refractivity contribution in [2.24, 2.45) is 0 Å². The van der Waals surface area contributed by atoms with Gasteiger partial charge in [-0.15, -0.1) is 0 Å². The monoisotopic (exact) mass is 1130 g/mol. The van der Waals surface area contributed by atoms with Crippen LogP contribution in [0.1, 0.15) is 80.7 Å². The van der Waals surface area contributed by atoms with Gasteiger partial charge in [0.25, 0.3) is 0 Å². The van der Waals surface area contributed by atoms with Crippen LogP contribution in [-0.4, -0.2) is 72.0 Å². The SMILES string of the molecule is Cc1ccc(-n2nc(C(C)(C)C)cc2NC(=O)N(c2cc(Oc3nccc(-c4cn[nH]c4)n3)c(C)cc2F)N(C(=O)Nc2cc(C(C)(C)C)nn2-c2ccc(F)c(C#N)c2)c2cc(Oc3nccc(-c4cn[nH]c4)n3)c(C)cc2F)cc1C#N. The topological polar surface area (TPSA) is 275 Å². The number of hydrogen-bond acceptors (Lipinski definition) is 14. The molecule has 22 nitrogen and oxygen atoms in total. The first-order valence-electron chi connectivity index (χ1n) is 25.8. The molecule has 0 atom stereocenters. The van der Waals surface area contributed by atoms with Gasteiger partial charge in [0.05, 0.1) is 63.7 Å². The number of aryl methyl sites for hydroxylation is 3. The molecular formula is C59H51F3N18O4. The van der Waals surface area contributed by atoms with Crippen LogP contribution in [0.2, 0.25) is 0 Å². The van der Waals surface area contributed by atoms with Crippen LogP contribution in [0.5, 0.6) is 23.5 Å². The highest BCUT2D eigenvalue weighted by atomic mass is 19.1. The normalized spacial score (nSPS) is 11.4. The number of anilines is 4. The minimum Gasteiger partial charge on any atom is -0.424 e. The molecule has 4 aromatic carbocycles. The standard InChI is InChI=1S/C59H51F3N18O4/c1-32-10-11-39(20-35(32)26-63)77-52(24-50(75-77)58(4,5)6)73-56(81)79(46-22-48(33(2)18-42(46)61)83-54-65-16-14-44(71-54)37-28-67-68-29-37)80(47-23-49(34(3)19-43(47)62)84-55-66-17-15-45(72-55)38-30-69-70-31-38)57(82)74-53-25-51(59(7,8)9)76-78(53)40-12-13-41(60)36(21-40)27-64/h10-25,28-31H,1-9H3,(H,67,68)(H,69,70)(H,73,81)(H,74,82). The van der Waals surface area contributed by atoms with E-state index in [1.807, 2.05) is 47.6 Å². The average Bonchev–Trinajstić information content (AvgIpc) is 2.80. The Morgan fingerprint density at radius 1 is 0.571 bits per heavy atom. The number of nitrogens with one attached hydrogen (secondary N) is 4. The molecule has 0 spiro atoms. The lowest BCUT2D eigenvalue weighted by atomic mass is 9.92. The van der Waals surface area contributed by atoms with Gasteiger partial charge in [0.2, 0.25) is 0 Å². The van der Waals surface area contributed by atoms with Crippen molar-refractivity contribution >= 4 is 35.1 Å². The molecule has 0 fully saturated rings. The highest BCUT2D eigenvalue weighted by Gasteiger charge is 2.37. The molecule has 0 aliphatic rings. The molecule has 422 valence electrons. The number of nitriles is 2. The summed E-state index contributed by atoms with van der Waals surface area (Å²) in [7, 11) is 0. The first-order chi connectivity index (χ1) is 40.1. The molecule has 0 aliphatic carbocycles. The number of halogens is 3. The van der Waals surface area contributed by atoms with Crippen LogP contribution < -0.4 is 30.1 Å². The highest BCUT2D eigenvalue weighted by molar-refractivity contribution is 6.13. The Morgan fingerprint density at radius 3 is 1.43 bits per heavy atom. The average molecular weight is 1130 g/mol. The molecule has 10 rings (SSSR count). The molecule has 25 heteroatoms. The van der Waals surface area contributed by atoms with Crippen molar-refractivity contribution in [1.82, 2.24) is 59.9 Å². The Bertz CT molecular complexity index is 3980. The van der Waals surface area contributed by atoms with E-state index >= 15 is 18.4 Å². The maximum Gasteiger partial charge on any atom is 0.347 e. The number of carbonyl (C=O) groups is 2. The molecule has 0 radical (unpaired) electrons. The molecule has 6 aromatic heterocycles. The first-order valence-corrected chi connectivity index (χ1v) is 25.8. The number of carbonyl (C=O) groups excluding carboxylic acids is 2. The van der Waals surface area contributed by atoms with Crippen molar-refractivity contribution in [3.05, 3.63) is 179 Å². The summed E-state index contributed by atoms with van der Waals surface area (Å²) in [6, 6.07) is 20.1. The van der Waals surface area contributed by atoms with Gasteiger partial charge in [0.15, 0.2) is 0 Å². The Hall–Kier alpha value is -11.2. The zero-order valence-electron chi connectivity index (χ0n) is 46.6. The molecular weight excluding hydrogens is 1080 g/mol. The van der Waals surface area contributed by atoms with E-state index in [4.69, 9.17) is 19.7 Å². The molecule has 0 saturated carbocycles. The third-order valence-corrected chi connectivity index (χ3v) is 13.1. The zero-order valence-corrected chi connectivity index (χ0v) is 46.6. The summed E-state index contributed by atoms with van der Waals surface area (Å²) in [5, 5.41) is 49.7. The predicted octanol–water partition coefficient (Wildman–Crippen LogP) is 12.4. The van der Waals surface area contributed by atoms with E-state index in [2.05, 4.69) is 57.0 Å². The van der Waals surface area contributed by atoms with Gasteiger partial charge in [0, 0.05) is 71.0 Å². The molecule has 4 amide bonds. The number of hydrogen-bond donors (Lipinski definition) is 4. The minimum absolute atomic E-state index is 0.0305. The minimum atomic E-state index is -1.32. The molecule has 84 heavy (non-hydrogen) atoms. The highest BCUT2D eigenvalue weighted by Crippen LogP contribution is 2.39. The van der Waals surface area contributed by atoms with Gasteiger partial charge in [-0.2, -0.15) is 50.9 Å². The van der Waals surface area contributed by atoms with E-state index < -0.39 is 51.7 Å². The van der Waals surface area contributed by atoms with Gasteiger partial charge >= 0.3 is 24.1 Å². The van der Waals surface area contributed by atoms with Gasteiger partial charge < -0.3 is 9.47 Å². The number of amides is 4. The fourth-order valence-electron chi connectivity index (χ4n) is 8.51. The van der Waals surface area contributed by atoms with E-state index in [9.17, 15) is 14.9 Å². The smallest absolute Gasteiger partial charge is 0.347 e. The van der Waals surface area contributed by atoms with E-state index in [-0.39, 0.29) is 57.5 Å². The van der Waals surface area contributed by atoms with Crippen LogP contribution in [0.4, 0.5) is 45.8 Å². The number of H-pyrrole nitrogens is 2. The van der Waals surface area contributed by atoms with Gasteiger partial charge in [-0.05, 0) is 92.1 Å². The van der Waals surface area contributed by atoms with Crippen molar-refractivity contribution in [1.29, 1.82) is 10.5 Å². The second-order valence-electron chi connectivity index (χ2n) is 21.3. The van der Waals surface area contributed by atoms with Crippen molar-refractivity contribution in [2.75, 3.05) is 20.7 Å². The number of nitrogens with zero attached hydrogens (tertiary/aromatic N) is 14. The van der Waals surface area contributed by atoms with Gasteiger partial charge in [0.1, 0.15) is 58.0 Å². The number of hydrazine groups is 1. The van der Waals surface area contributed by atoms with Gasteiger partial charge in [-0.1, -0.05) is 47.6 Å². The Labute approximate surface area is 478 Å². The largest absolute Gasteiger partial charge is 0.424 e. The third-order valence-electron chi connectivity index (χ3n) is 13.1. The lowest BCUT2D eigenvalue weighted by Crippen LogP contribution is -2.54. The van der Waals surface area contributed by atoms with Crippen molar-refractivity contribution < 1.29 is 32.2 Å². The Morgan fingerprint density at radius 2 is 1.01 bits per heavy atom. The first kappa shape index (κ1) is 56.1. The third kappa shape index (κ3) is 11.5. The van der Waals surface area contributed by atoms with Crippen LogP contribution in [0.25, 0.3) is 33.9 Å². The van der Waals surface area contributed by atoms with E-state index in [1.165, 1.54) is 66.2 Å². The predicted molar refractivity (Wildman–Crippen MR) is 303 cm³/mol. The van der Waals surface area contributed by atoms with Crippen molar-refractivity contribution in [2.45, 2.75) is 73.1 Å². The molecule has 0 aliphatic heterocycles. The Kier molecular flexibility index (Phi) is 14.9. The molecule has 0 bridgehead atoms. The molecule has 0 saturated heterocycles. The Balaban J connectivity index is 1.20. The number of benzene rings is 4. The second-order valence-corrected chi connectivity index (χ2v) is 21.3. The van der Waals surface area contributed by atoms with Crippen LogP contribution in [0, 0.1) is 60.9 Å². The van der Waals surface area contributed by atoms with Gasteiger partial charge in [-0.25, -0.2) is 42.1 Å². The van der Waals surface area contributed by atoms with Gasteiger partial charge in [-0.3, -0.25) is 20.8 Å². The molecule has 4 N–H and O–H groups in total. The zero-order chi connectivity index (χ0) is 59.8. The number of aromatic nitrogens is 12. The summed E-state index contributed by atoms with van der Waals surface area (Å²) in [6.07, 6.45) is 9.14. The van der Waals surface area contributed by atoms with Crippen LogP contribution in [-0.2, 0) is 10.8 Å². The quantitative estimate of drug-likeness (QED) is 0.0828. The number of aromatic amines is 2. The molecule has 10 aromatic rings. The maximum absolute atomic E-state index is 17.6. The summed E-state index contributed by atoms with van der Waals surface area (Å²) in [4.78, 5) is 49.6. The number of urea groups is 2. The van der Waals surface area contributed by atoms with E-state index in [0.29, 0.717) is 60.7 Å². The molecule has 6 heterocycles. The number of ether oxygens (including phenoxy) is 2. The van der Waals surface area contributed by atoms with Crippen molar-refractivity contribution in [3.63, 3.8) is 0 Å². The lowest BCUT2D eigenvalue weighted by molar-refractivity contribution is 0.248. The van der Waals surface area contributed by atoms with Crippen LogP contribution >= 0.6 is 0 Å². The fraction of sp³-hybridized carbons (Fsp3) is 0.186. The number of rotatable bonds is 12. The van der Waals surface area contributed by atoms with Crippen LogP contribution in [0.15, 0.2) is 122 Å². The van der Waals surface area contributed by atoms with E-state index in [0.717, 1.165) is 30.3 Å². The lowest BCUT2D eigenvalue weighted by Gasteiger charge is -2.35. The summed E-state index contributed by atoms with van der Waals surface area (Å²) in [6.45, 7) is 16.0. The summed E-state index contributed by atoms with van der Waals surface area (Å²) in [5.41, 5.74) is 1.52.